The summed E-state index contributed by atoms with van der Waals surface area (Å²) in [6.45, 7) is 7.23. The molecule has 1 heterocycles. The Hall–Kier alpha value is -3.32. The van der Waals surface area contributed by atoms with Crippen LogP contribution in [-0.4, -0.2) is 17.7 Å². The van der Waals surface area contributed by atoms with Crippen molar-refractivity contribution in [1.82, 2.24) is 5.32 Å². The second kappa shape index (κ2) is 10.7. The zero-order valence-electron chi connectivity index (χ0n) is 19.6. The molecule has 0 spiro atoms. The van der Waals surface area contributed by atoms with E-state index in [0.29, 0.717) is 17.4 Å². The van der Waals surface area contributed by atoms with Crippen molar-refractivity contribution in [2.24, 2.45) is 0 Å². The molecule has 0 fully saturated rings. The predicted molar refractivity (Wildman–Crippen MR) is 130 cm³/mol. The summed E-state index contributed by atoms with van der Waals surface area (Å²) in [5, 5.41) is 3.42. The molecule has 34 heavy (non-hydrogen) atoms. The van der Waals surface area contributed by atoms with E-state index in [9.17, 15) is 14.4 Å². The highest BCUT2D eigenvalue weighted by atomic mass is 35.5. The Morgan fingerprint density at radius 2 is 1.82 bits per heavy atom. The summed E-state index contributed by atoms with van der Waals surface area (Å²) >= 11 is 6.43. The SMILES string of the molecule is CCCCc1cc(=O)oc2cc(OC(=O)C(NC(=O)OC(C)(C)C)c3ccccc3)c(Cl)cc12. The summed E-state index contributed by atoms with van der Waals surface area (Å²) in [7, 11) is 0. The van der Waals surface area contributed by atoms with E-state index in [1.165, 1.54) is 12.1 Å². The normalized spacial score (nSPS) is 12.3. The minimum absolute atomic E-state index is 0.0156. The first-order valence-corrected chi connectivity index (χ1v) is 11.5. The number of alkyl carbamates (subject to hydrolysis) is 1. The number of fused-ring (bicyclic) bond motifs is 1. The van der Waals surface area contributed by atoms with E-state index in [1.807, 2.05) is 0 Å². The lowest BCUT2D eigenvalue weighted by atomic mass is 10.0. The van der Waals surface area contributed by atoms with E-state index in [-0.39, 0.29) is 16.4 Å². The van der Waals surface area contributed by atoms with Crippen LogP contribution in [0.15, 0.2) is 57.7 Å². The zero-order chi connectivity index (χ0) is 24.9. The van der Waals surface area contributed by atoms with Gasteiger partial charge in [-0.15, -0.1) is 0 Å². The van der Waals surface area contributed by atoms with Crippen LogP contribution in [0.1, 0.15) is 57.7 Å². The molecule has 0 aliphatic carbocycles. The van der Waals surface area contributed by atoms with E-state index in [2.05, 4.69) is 12.2 Å². The molecule has 1 unspecified atom stereocenters. The van der Waals surface area contributed by atoms with Crippen molar-refractivity contribution in [2.45, 2.75) is 58.6 Å². The van der Waals surface area contributed by atoms with Crippen molar-refractivity contribution in [1.29, 1.82) is 0 Å². The van der Waals surface area contributed by atoms with Crippen molar-refractivity contribution >= 4 is 34.6 Å². The number of benzene rings is 2. The second-order valence-electron chi connectivity index (χ2n) is 8.88. The molecular weight excluding hydrogens is 458 g/mol. The summed E-state index contributed by atoms with van der Waals surface area (Å²) in [6.07, 6.45) is 1.80. The first-order chi connectivity index (χ1) is 16.1. The first kappa shape index (κ1) is 25.3. The van der Waals surface area contributed by atoms with Gasteiger partial charge in [0.1, 0.15) is 11.2 Å². The fourth-order valence-electron chi connectivity index (χ4n) is 3.40. The van der Waals surface area contributed by atoms with Crippen LogP contribution in [0.5, 0.6) is 5.75 Å². The number of amides is 1. The zero-order valence-corrected chi connectivity index (χ0v) is 20.4. The van der Waals surface area contributed by atoms with Gasteiger partial charge in [0.15, 0.2) is 11.8 Å². The van der Waals surface area contributed by atoms with Crippen LogP contribution in [0.3, 0.4) is 0 Å². The van der Waals surface area contributed by atoms with Gasteiger partial charge in [-0.05, 0) is 50.8 Å². The molecule has 7 nitrogen and oxygen atoms in total. The van der Waals surface area contributed by atoms with Gasteiger partial charge in [-0.1, -0.05) is 55.3 Å². The highest BCUT2D eigenvalue weighted by Crippen LogP contribution is 2.32. The lowest BCUT2D eigenvalue weighted by Gasteiger charge is -2.23. The lowest BCUT2D eigenvalue weighted by Crippen LogP contribution is -2.39. The van der Waals surface area contributed by atoms with Crippen molar-refractivity contribution in [3.05, 3.63) is 75.1 Å². The maximum Gasteiger partial charge on any atom is 0.408 e. The van der Waals surface area contributed by atoms with E-state index in [0.717, 1.165) is 18.4 Å². The van der Waals surface area contributed by atoms with E-state index < -0.39 is 29.3 Å². The smallest absolute Gasteiger partial charge is 0.408 e. The number of halogens is 1. The molecule has 1 atom stereocenters. The van der Waals surface area contributed by atoms with Crippen LogP contribution < -0.4 is 15.7 Å². The molecule has 0 saturated carbocycles. The monoisotopic (exact) mass is 485 g/mol. The molecular formula is C26H28ClNO6. The minimum Gasteiger partial charge on any atom is -0.444 e. The van der Waals surface area contributed by atoms with E-state index >= 15 is 0 Å². The number of rotatable bonds is 7. The van der Waals surface area contributed by atoms with Crippen LogP contribution in [0, 0.1) is 0 Å². The maximum atomic E-state index is 13.1. The fourth-order valence-corrected chi connectivity index (χ4v) is 3.60. The second-order valence-corrected chi connectivity index (χ2v) is 9.29. The largest absolute Gasteiger partial charge is 0.444 e. The molecule has 0 aliphatic rings. The molecule has 0 radical (unpaired) electrons. The van der Waals surface area contributed by atoms with Gasteiger partial charge in [-0.25, -0.2) is 14.4 Å². The van der Waals surface area contributed by atoms with Gasteiger partial charge in [0.05, 0.1) is 5.02 Å². The Labute approximate surface area is 203 Å². The van der Waals surface area contributed by atoms with E-state index in [1.54, 1.807) is 57.2 Å². The van der Waals surface area contributed by atoms with Crippen molar-refractivity contribution < 1.29 is 23.5 Å². The van der Waals surface area contributed by atoms with Gasteiger partial charge in [0.25, 0.3) is 0 Å². The number of esters is 1. The Morgan fingerprint density at radius 1 is 1.12 bits per heavy atom. The third kappa shape index (κ3) is 6.60. The Balaban J connectivity index is 1.92. The minimum atomic E-state index is -1.15. The molecule has 1 N–H and O–H groups in total. The van der Waals surface area contributed by atoms with Crippen LogP contribution in [0.4, 0.5) is 4.79 Å². The van der Waals surface area contributed by atoms with E-state index in [4.69, 9.17) is 25.5 Å². The Bertz CT molecular complexity index is 1230. The molecule has 2 aromatic carbocycles. The van der Waals surface area contributed by atoms with Crippen molar-refractivity contribution in [3.8, 4) is 5.75 Å². The Kier molecular flexibility index (Phi) is 7.99. The van der Waals surface area contributed by atoms with Gasteiger partial charge in [0, 0.05) is 17.5 Å². The first-order valence-electron chi connectivity index (χ1n) is 11.1. The fraction of sp³-hybridized carbons (Fsp3) is 0.346. The number of unbranched alkanes of at least 4 members (excludes halogenated alkanes) is 1. The standard InChI is InChI=1S/C26H28ClNO6/c1-5-6-10-17-13-22(29)32-20-15-21(19(27)14-18(17)20)33-24(30)23(16-11-8-7-9-12-16)28-25(31)34-26(2,3)4/h7-9,11-15,23H,5-6,10H2,1-4H3,(H,28,31). The number of carbonyl (C=O) groups excluding carboxylic acids is 2. The lowest BCUT2D eigenvalue weighted by molar-refractivity contribution is -0.137. The molecule has 180 valence electrons. The number of nitrogens with one attached hydrogen (secondary N) is 1. The number of hydrogen-bond donors (Lipinski definition) is 1. The molecule has 0 saturated heterocycles. The van der Waals surface area contributed by atoms with Crippen molar-refractivity contribution in [3.63, 3.8) is 0 Å². The molecule has 3 rings (SSSR count). The molecule has 0 aliphatic heterocycles. The van der Waals surface area contributed by atoms with Gasteiger partial charge >= 0.3 is 17.7 Å². The molecule has 8 heteroatoms. The summed E-state index contributed by atoms with van der Waals surface area (Å²) in [4.78, 5) is 37.6. The maximum absolute atomic E-state index is 13.1. The molecule has 1 aromatic heterocycles. The summed E-state index contributed by atoms with van der Waals surface area (Å²) in [6, 6.07) is 12.0. The molecule has 3 aromatic rings. The average Bonchev–Trinajstić information content (AvgIpc) is 2.76. The summed E-state index contributed by atoms with van der Waals surface area (Å²) in [5.74, 6) is -0.760. The Morgan fingerprint density at radius 3 is 2.47 bits per heavy atom. The number of ether oxygens (including phenoxy) is 2. The third-order valence-electron chi connectivity index (χ3n) is 4.92. The predicted octanol–water partition coefficient (Wildman–Crippen LogP) is 5.96. The topological polar surface area (TPSA) is 94.8 Å². The van der Waals surface area contributed by atoms with Crippen molar-refractivity contribution in [2.75, 3.05) is 0 Å². The van der Waals surface area contributed by atoms with Crippen LogP contribution in [0.2, 0.25) is 5.02 Å². The summed E-state index contributed by atoms with van der Waals surface area (Å²) in [5.41, 5.74) is 0.351. The van der Waals surface area contributed by atoms with Crippen LogP contribution in [-0.2, 0) is 16.0 Å². The van der Waals surface area contributed by atoms with Crippen LogP contribution >= 0.6 is 11.6 Å². The van der Waals surface area contributed by atoms with Gasteiger partial charge < -0.3 is 19.2 Å². The molecule has 1 amide bonds. The third-order valence-corrected chi connectivity index (χ3v) is 5.22. The molecule has 0 bridgehead atoms. The number of aryl methyl sites for hydroxylation is 1. The highest BCUT2D eigenvalue weighted by Gasteiger charge is 2.28. The number of carbonyl (C=O) groups is 2. The van der Waals surface area contributed by atoms with Gasteiger partial charge in [-0.3, -0.25) is 0 Å². The van der Waals surface area contributed by atoms with Gasteiger partial charge in [0.2, 0.25) is 0 Å². The quantitative estimate of drug-likeness (QED) is 0.252. The average molecular weight is 486 g/mol. The summed E-state index contributed by atoms with van der Waals surface area (Å²) < 4.78 is 16.2. The number of hydrogen-bond acceptors (Lipinski definition) is 6. The highest BCUT2D eigenvalue weighted by molar-refractivity contribution is 6.33. The van der Waals surface area contributed by atoms with Gasteiger partial charge in [-0.2, -0.15) is 0 Å². The van der Waals surface area contributed by atoms with Crippen LogP contribution in [0.25, 0.3) is 11.0 Å².